The lowest BCUT2D eigenvalue weighted by Gasteiger charge is -2.15. The van der Waals surface area contributed by atoms with Crippen molar-refractivity contribution in [3.63, 3.8) is 0 Å². The van der Waals surface area contributed by atoms with Gasteiger partial charge in [-0.05, 0) is 34.6 Å². The number of nitrogens with one attached hydrogen (secondary N) is 1. The molecule has 1 heterocycles. The Morgan fingerprint density at radius 2 is 2.22 bits per heavy atom. The molecule has 1 aliphatic carbocycles. The summed E-state index contributed by atoms with van der Waals surface area (Å²) in [6, 6.07) is 0. The van der Waals surface area contributed by atoms with E-state index in [1.54, 1.807) is 18.5 Å². The Labute approximate surface area is 107 Å². The fraction of sp³-hybridized carbons (Fsp3) is 0.750. The Kier molecular flexibility index (Phi) is 3.28. The number of nitrogens with zero attached hydrogens (tertiary/aromatic N) is 3. The average molecular weight is 252 g/mol. The summed E-state index contributed by atoms with van der Waals surface area (Å²) in [5.74, 6) is 1.12. The van der Waals surface area contributed by atoms with Crippen molar-refractivity contribution in [2.75, 3.05) is 11.9 Å². The molecule has 1 aliphatic rings. The maximum atomic E-state index is 10.9. The molecule has 1 aromatic heterocycles. The third-order valence-electron chi connectivity index (χ3n) is 3.84. The standard InChI is InChI=1S/C12H20N4O2/c1-4-5-12(6-7-12)8-13-10-11(16(17)18)14-9(2)15(10)3/h13H,4-8H2,1-3H3. The molecule has 0 atom stereocenters. The van der Waals surface area contributed by atoms with E-state index in [0.29, 0.717) is 17.1 Å². The van der Waals surface area contributed by atoms with Crippen LogP contribution in [0.25, 0.3) is 0 Å². The van der Waals surface area contributed by atoms with Crippen LogP contribution >= 0.6 is 0 Å². The molecule has 0 amide bonds. The van der Waals surface area contributed by atoms with Gasteiger partial charge in [-0.2, -0.15) is 0 Å². The predicted molar refractivity (Wildman–Crippen MR) is 69.7 cm³/mol. The molecule has 1 N–H and O–H groups in total. The first-order valence-electron chi connectivity index (χ1n) is 6.41. The van der Waals surface area contributed by atoms with Gasteiger partial charge < -0.3 is 15.4 Å². The van der Waals surface area contributed by atoms with E-state index < -0.39 is 4.92 Å². The number of hydrogen-bond donors (Lipinski definition) is 1. The molecule has 1 saturated carbocycles. The molecule has 0 unspecified atom stereocenters. The van der Waals surface area contributed by atoms with Crippen LogP contribution in [0.2, 0.25) is 0 Å². The minimum Gasteiger partial charge on any atom is -0.364 e. The highest BCUT2D eigenvalue weighted by molar-refractivity contribution is 5.53. The van der Waals surface area contributed by atoms with Crippen LogP contribution in [0.4, 0.5) is 11.6 Å². The molecule has 0 aromatic carbocycles. The van der Waals surface area contributed by atoms with E-state index in [0.717, 1.165) is 13.0 Å². The van der Waals surface area contributed by atoms with Crippen molar-refractivity contribution in [3.8, 4) is 0 Å². The van der Waals surface area contributed by atoms with Crippen molar-refractivity contribution in [1.29, 1.82) is 0 Å². The van der Waals surface area contributed by atoms with Gasteiger partial charge in [0.25, 0.3) is 0 Å². The van der Waals surface area contributed by atoms with E-state index in [9.17, 15) is 10.1 Å². The van der Waals surface area contributed by atoms with Crippen LogP contribution in [0.5, 0.6) is 0 Å². The fourth-order valence-corrected chi connectivity index (χ4v) is 2.41. The average Bonchev–Trinajstić information content (AvgIpc) is 3.01. The van der Waals surface area contributed by atoms with Crippen LogP contribution in [-0.4, -0.2) is 21.0 Å². The zero-order valence-electron chi connectivity index (χ0n) is 11.2. The predicted octanol–water partition coefficient (Wildman–Crippen LogP) is 2.63. The van der Waals surface area contributed by atoms with Gasteiger partial charge in [-0.25, -0.2) is 0 Å². The van der Waals surface area contributed by atoms with Crippen molar-refractivity contribution in [2.45, 2.75) is 39.5 Å². The molecule has 1 fully saturated rings. The summed E-state index contributed by atoms with van der Waals surface area (Å²) in [7, 11) is 1.80. The topological polar surface area (TPSA) is 73.0 Å². The molecule has 0 spiro atoms. The van der Waals surface area contributed by atoms with E-state index in [1.807, 2.05) is 0 Å². The molecule has 100 valence electrons. The minimum absolute atomic E-state index is 0.0673. The fourth-order valence-electron chi connectivity index (χ4n) is 2.41. The summed E-state index contributed by atoms with van der Waals surface area (Å²) in [6.45, 7) is 4.76. The number of anilines is 1. The Hall–Kier alpha value is -1.59. The van der Waals surface area contributed by atoms with Crippen LogP contribution in [0.15, 0.2) is 0 Å². The van der Waals surface area contributed by atoms with E-state index in [1.165, 1.54) is 19.3 Å². The number of aromatic nitrogens is 2. The maximum Gasteiger partial charge on any atom is 0.406 e. The highest BCUT2D eigenvalue weighted by Crippen LogP contribution is 2.49. The van der Waals surface area contributed by atoms with Crippen LogP contribution in [0.3, 0.4) is 0 Å². The first-order valence-corrected chi connectivity index (χ1v) is 6.41. The second-order valence-corrected chi connectivity index (χ2v) is 5.25. The Morgan fingerprint density at radius 1 is 1.56 bits per heavy atom. The summed E-state index contributed by atoms with van der Waals surface area (Å²) in [4.78, 5) is 14.5. The van der Waals surface area contributed by atoms with Crippen LogP contribution in [-0.2, 0) is 7.05 Å². The van der Waals surface area contributed by atoms with Crippen molar-refractivity contribution >= 4 is 11.6 Å². The number of hydrogen-bond acceptors (Lipinski definition) is 4. The lowest BCUT2D eigenvalue weighted by Crippen LogP contribution is -2.17. The summed E-state index contributed by atoms with van der Waals surface area (Å²) in [5, 5.41) is 14.2. The zero-order valence-corrected chi connectivity index (χ0v) is 11.2. The molecule has 0 aliphatic heterocycles. The van der Waals surface area contributed by atoms with Crippen molar-refractivity contribution in [1.82, 2.24) is 9.55 Å². The Balaban J connectivity index is 2.11. The number of imidazole rings is 1. The van der Waals surface area contributed by atoms with Gasteiger partial charge in [0.2, 0.25) is 11.6 Å². The van der Waals surface area contributed by atoms with Gasteiger partial charge in [0.1, 0.15) is 0 Å². The minimum atomic E-state index is -0.422. The summed E-state index contributed by atoms with van der Waals surface area (Å²) in [5.41, 5.74) is 0.362. The molecule has 0 bridgehead atoms. The smallest absolute Gasteiger partial charge is 0.364 e. The van der Waals surface area contributed by atoms with E-state index in [4.69, 9.17) is 0 Å². The quantitative estimate of drug-likeness (QED) is 0.624. The van der Waals surface area contributed by atoms with Gasteiger partial charge in [0.05, 0.1) is 0 Å². The second-order valence-electron chi connectivity index (χ2n) is 5.25. The summed E-state index contributed by atoms with van der Waals surface area (Å²) >= 11 is 0. The molecule has 6 nitrogen and oxygen atoms in total. The molecule has 18 heavy (non-hydrogen) atoms. The van der Waals surface area contributed by atoms with Gasteiger partial charge in [0, 0.05) is 20.5 Å². The zero-order chi connectivity index (χ0) is 13.3. The van der Waals surface area contributed by atoms with E-state index >= 15 is 0 Å². The third-order valence-corrected chi connectivity index (χ3v) is 3.84. The highest BCUT2D eigenvalue weighted by Gasteiger charge is 2.41. The second kappa shape index (κ2) is 4.59. The normalized spacial score (nSPS) is 16.6. The molecule has 1 aromatic rings. The molecular formula is C12H20N4O2. The van der Waals surface area contributed by atoms with Gasteiger partial charge in [0.15, 0.2) is 0 Å². The lowest BCUT2D eigenvalue weighted by molar-refractivity contribution is -0.388. The number of nitro groups is 1. The van der Waals surface area contributed by atoms with Gasteiger partial charge >= 0.3 is 5.82 Å². The number of rotatable bonds is 6. The van der Waals surface area contributed by atoms with E-state index in [2.05, 4.69) is 17.2 Å². The van der Waals surface area contributed by atoms with Crippen molar-refractivity contribution < 1.29 is 4.92 Å². The summed E-state index contributed by atoms with van der Waals surface area (Å²) in [6.07, 6.45) is 4.79. The Morgan fingerprint density at radius 3 is 2.72 bits per heavy atom. The largest absolute Gasteiger partial charge is 0.406 e. The molecule has 6 heteroatoms. The first kappa shape index (κ1) is 12.9. The van der Waals surface area contributed by atoms with Crippen molar-refractivity contribution in [3.05, 3.63) is 15.9 Å². The molecule has 2 rings (SSSR count). The first-order chi connectivity index (χ1) is 8.49. The van der Waals surface area contributed by atoms with Gasteiger partial charge in [-0.15, -0.1) is 0 Å². The van der Waals surface area contributed by atoms with Gasteiger partial charge in [-0.1, -0.05) is 13.3 Å². The van der Waals surface area contributed by atoms with E-state index in [-0.39, 0.29) is 5.82 Å². The monoisotopic (exact) mass is 252 g/mol. The SMILES string of the molecule is CCCC1(CNc2c([N+](=O)[O-])nc(C)n2C)CC1. The molecule has 0 radical (unpaired) electrons. The van der Waals surface area contributed by atoms with Gasteiger partial charge in [-0.3, -0.25) is 4.57 Å². The van der Waals surface area contributed by atoms with Crippen molar-refractivity contribution in [2.24, 2.45) is 12.5 Å². The number of aryl methyl sites for hydroxylation is 1. The third kappa shape index (κ3) is 2.32. The van der Waals surface area contributed by atoms with Crippen LogP contribution in [0, 0.1) is 22.5 Å². The highest BCUT2D eigenvalue weighted by atomic mass is 16.6. The van der Waals surface area contributed by atoms with Crippen LogP contribution in [0.1, 0.15) is 38.4 Å². The van der Waals surface area contributed by atoms with Crippen LogP contribution < -0.4 is 5.32 Å². The lowest BCUT2D eigenvalue weighted by atomic mass is 10.0. The maximum absolute atomic E-state index is 10.9. The summed E-state index contributed by atoms with van der Waals surface area (Å²) < 4.78 is 1.75. The molecular weight excluding hydrogens is 232 g/mol. The molecule has 0 saturated heterocycles. The Bertz CT molecular complexity index is 463.